The fourth-order valence-electron chi connectivity index (χ4n) is 2.22. The predicted molar refractivity (Wildman–Crippen MR) is 86.3 cm³/mol. The van der Waals surface area contributed by atoms with E-state index in [2.05, 4.69) is 29.0 Å². The predicted octanol–water partition coefficient (Wildman–Crippen LogP) is 4.88. The number of hydrogen-bond acceptors (Lipinski definition) is 3. The smallest absolute Gasteiger partial charge is 0.316 e. The molecule has 2 aromatic rings. The molecule has 0 aliphatic heterocycles. The second-order valence-corrected chi connectivity index (χ2v) is 5.24. The minimum absolute atomic E-state index is 0.475. The van der Waals surface area contributed by atoms with Crippen LogP contribution in [0.15, 0.2) is 42.7 Å². The standard InChI is InChI=1S/C18H24N2O/c1-2-3-4-5-6-10-13-21-18-19-14-17(15-20-18)16-11-8-7-9-12-16/h7-9,11-12,14-15H,2-6,10,13H2,1H3. The fraction of sp³-hybridized carbons (Fsp3) is 0.444. The monoisotopic (exact) mass is 284 g/mol. The van der Waals surface area contributed by atoms with E-state index in [-0.39, 0.29) is 0 Å². The van der Waals surface area contributed by atoms with Crippen LogP contribution >= 0.6 is 0 Å². The van der Waals surface area contributed by atoms with Crippen LogP contribution in [0.1, 0.15) is 45.4 Å². The van der Waals surface area contributed by atoms with Crippen molar-refractivity contribution in [3.8, 4) is 17.1 Å². The van der Waals surface area contributed by atoms with Gasteiger partial charge < -0.3 is 4.74 Å². The van der Waals surface area contributed by atoms with Gasteiger partial charge >= 0.3 is 6.01 Å². The zero-order valence-electron chi connectivity index (χ0n) is 12.8. The van der Waals surface area contributed by atoms with Crippen LogP contribution in [0.2, 0.25) is 0 Å². The van der Waals surface area contributed by atoms with Crippen LogP contribution in [0, 0.1) is 0 Å². The molecule has 1 aromatic heterocycles. The Bertz CT molecular complexity index is 496. The Morgan fingerprint density at radius 2 is 1.48 bits per heavy atom. The maximum absolute atomic E-state index is 5.58. The van der Waals surface area contributed by atoms with Gasteiger partial charge in [0.25, 0.3) is 0 Å². The summed E-state index contributed by atoms with van der Waals surface area (Å²) >= 11 is 0. The van der Waals surface area contributed by atoms with E-state index in [4.69, 9.17) is 4.74 Å². The Hall–Kier alpha value is -1.90. The minimum Gasteiger partial charge on any atom is -0.463 e. The molecule has 0 bridgehead atoms. The summed E-state index contributed by atoms with van der Waals surface area (Å²) in [6.07, 6.45) is 11.2. The highest BCUT2D eigenvalue weighted by Gasteiger charge is 2.00. The van der Waals surface area contributed by atoms with Gasteiger partial charge in [-0.15, -0.1) is 0 Å². The second-order valence-electron chi connectivity index (χ2n) is 5.24. The lowest BCUT2D eigenvalue weighted by Crippen LogP contribution is -2.01. The molecule has 0 saturated heterocycles. The molecule has 0 fully saturated rings. The van der Waals surface area contributed by atoms with Gasteiger partial charge in [0.15, 0.2) is 0 Å². The summed E-state index contributed by atoms with van der Waals surface area (Å²) in [5.74, 6) is 0. The van der Waals surface area contributed by atoms with Crippen molar-refractivity contribution < 1.29 is 4.74 Å². The molecule has 1 heterocycles. The van der Waals surface area contributed by atoms with E-state index >= 15 is 0 Å². The topological polar surface area (TPSA) is 35.0 Å². The molecule has 2 rings (SSSR count). The minimum atomic E-state index is 0.475. The molecule has 0 aliphatic carbocycles. The Morgan fingerprint density at radius 3 is 2.19 bits per heavy atom. The quantitative estimate of drug-likeness (QED) is 0.615. The zero-order chi connectivity index (χ0) is 14.8. The number of hydrogen-bond donors (Lipinski definition) is 0. The highest BCUT2D eigenvalue weighted by Crippen LogP contribution is 2.17. The van der Waals surface area contributed by atoms with Gasteiger partial charge in [0.2, 0.25) is 0 Å². The average molecular weight is 284 g/mol. The van der Waals surface area contributed by atoms with E-state index in [0.717, 1.165) is 17.5 Å². The van der Waals surface area contributed by atoms with Gasteiger partial charge in [-0.1, -0.05) is 69.4 Å². The summed E-state index contributed by atoms with van der Waals surface area (Å²) in [5.41, 5.74) is 2.14. The maximum Gasteiger partial charge on any atom is 0.316 e. The maximum atomic E-state index is 5.58. The zero-order valence-corrected chi connectivity index (χ0v) is 12.8. The molecule has 0 amide bonds. The first kappa shape index (κ1) is 15.5. The molecular formula is C18H24N2O. The van der Waals surface area contributed by atoms with Crippen LogP contribution in [-0.4, -0.2) is 16.6 Å². The van der Waals surface area contributed by atoms with E-state index in [1.807, 2.05) is 30.6 Å². The largest absolute Gasteiger partial charge is 0.463 e. The number of benzene rings is 1. The molecule has 3 nitrogen and oxygen atoms in total. The number of unbranched alkanes of at least 4 members (excludes halogenated alkanes) is 5. The van der Waals surface area contributed by atoms with Crippen LogP contribution in [0.4, 0.5) is 0 Å². The molecule has 0 atom stereocenters. The van der Waals surface area contributed by atoms with Gasteiger partial charge in [-0.25, -0.2) is 9.97 Å². The molecule has 0 unspecified atom stereocenters. The van der Waals surface area contributed by atoms with Crippen LogP contribution in [0.3, 0.4) is 0 Å². The van der Waals surface area contributed by atoms with Gasteiger partial charge in [-0.05, 0) is 12.0 Å². The molecule has 21 heavy (non-hydrogen) atoms. The van der Waals surface area contributed by atoms with Gasteiger partial charge in [0, 0.05) is 18.0 Å². The van der Waals surface area contributed by atoms with Crippen LogP contribution in [0.25, 0.3) is 11.1 Å². The number of nitrogens with zero attached hydrogens (tertiary/aromatic N) is 2. The van der Waals surface area contributed by atoms with Crippen molar-refractivity contribution in [1.29, 1.82) is 0 Å². The Kier molecular flexibility index (Phi) is 6.72. The molecule has 3 heteroatoms. The first-order valence-corrected chi connectivity index (χ1v) is 7.90. The third-order valence-corrected chi connectivity index (χ3v) is 3.46. The number of ether oxygens (including phenoxy) is 1. The Labute approximate surface area is 127 Å². The summed E-state index contributed by atoms with van der Waals surface area (Å²) in [6.45, 7) is 2.94. The summed E-state index contributed by atoms with van der Waals surface area (Å²) < 4.78 is 5.58. The second kappa shape index (κ2) is 9.11. The lowest BCUT2D eigenvalue weighted by atomic mass is 10.1. The number of aromatic nitrogens is 2. The van der Waals surface area contributed by atoms with Crippen LogP contribution in [-0.2, 0) is 0 Å². The molecule has 0 N–H and O–H groups in total. The third-order valence-electron chi connectivity index (χ3n) is 3.46. The molecule has 112 valence electrons. The van der Waals surface area contributed by atoms with Crippen molar-refractivity contribution in [3.05, 3.63) is 42.7 Å². The average Bonchev–Trinajstić information content (AvgIpc) is 2.55. The van der Waals surface area contributed by atoms with E-state index < -0.39 is 0 Å². The van der Waals surface area contributed by atoms with Crippen molar-refractivity contribution in [2.75, 3.05) is 6.61 Å². The third kappa shape index (κ3) is 5.54. The van der Waals surface area contributed by atoms with Gasteiger partial charge in [0.05, 0.1) is 6.61 Å². The first-order chi connectivity index (χ1) is 10.4. The fourth-order valence-corrected chi connectivity index (χ4v) is 2.22. The van der Waals surface area contributed by atoms with Crippen molar-refractivity contribution in [1.82, 2.24) is 9.97 Å². The SMILES string of the molecule is CCCCCCCCOc1ncc(-c2ccccc2)cn1. The Morgan fingerprint density at radius 1 is 0.810 bits per heavy atom. The van der Waals surface area contributed by atoms with E-state index in [0.29, 0.717) is 12.6 Å². The lowest BCUT2D eigenvalue weighted by molar-refractivity contribution is 0.281. The summed E-state index contributed by atoms with van der Waals surface area (Å²) in [7, 11) is 0. The molecule has 0 saturated carbocycles. The first-order valence-electron chi connectivity index (χ1n) is 7.90. The van der Waals surface area contributed by atoms with Crippen molar-refractivity contribution in [3.63, 3.8) is 0 Å². The summed E-state index contributed by atoms with van der Waals surface area (Å²) in [4.78, 5) is 8.54. The summed E-state index contributed by atoms with van der Waals surface area (Å²) in [6, 6.07) is 10.6. The van der Waals surface area contributed by atoms with Crippen LogP contribution in [0.5, 0.6) is 6.01 Å². The van der Waals surface area contributed by atoms with Crippen molar-refractivity contribution >= 4 is 0 Å². The van der Waals surface area contributed by atoms with Crippen molar-refractivity contribution in [2.45, 2.75) is 45.4 Å². The normalized spacial score (nSPS) is 10.5. The molecule has 1 aromatic carbocycles. The highest BCUT2D eigenvalue weighted by atomic mass is 16.5. The van der Waals surface area contributed by atoms with Gasteiger partial charge in [0.1, 0.15) is 0 Å². The highest BCUT2D eigenvalue weighted by molar-refractivity contribution is 5.61. The van der Waals surface area contributed by atoms with Gasteiger partial charge in [-0.3, -0.25) is 0 Å². The number of rotatable bonds is 9. The summed E-state index contributed by atoms with van der Waals surface area (Å²) in [5, 5.41) is 0. The Balaban J connectivity index is 1.71. The lowest BCUT2D eigenvalue weighted by Gasteiger charge is -2.05. The van der Waals surface area contributed by atoms with Crippen LogP contribution < -0.4 is 4.74 Å². The molecular weight excluding hydrogens is 260 g/mol. The van der Waals surface area contributed by atoms with Crippen molar-refractivity contribution in [2.24, 2.45) is 0 Å². The van der Waals surface area contributed by atoms with E-state index in [1.54, 1.807) is 0 Å². The molecule has 0 spiro atoms. The van der Waals surface area contributed by atoms with E-state index in [1.165, 1.54) is 32.1 Å². The molecule has 0 aliphatic rings. The molecule has 0 radical (unpaired) electrons. The van der Waals surface area contributed by atoms with Gasteiger partial charge in [-0.2, -0.15) is 0 Å². The van der Waals surface area contributed by atoms with E-state index in [9.17, 15) is 0 Å².